The number of halogens is 1. The second-order valence-corrected chi connectivity index (χ2v) is 5.13. The number of carbonyl (C=O) groups is 1. The minimum atomic E-state index is -0.440. The summed E-state index contributed by atoms with van der Waals surface area (Å²) in [4.78, 5) is 22.2. The van der Waals surface area contributed by atoms with Crippen molar-refractivity contribution in [2.45, 2.75) is 27.2 Å². The molecule has 112 valence electrons. The van der Waals surface area contributed by atoms with E-state index in [1.165, 1.54) is 23.4 Å². The van der Waals surface area contributed by atoms with Crippen molar-refractivity contribution in [3.05, 3.63) is 42.0 Å². The molecule has 2 rings (SSSR count). The maximum absolute atomic E-state index is 13.0. The van der Waals surface area contributed by atoms with Crippen molar-refractivity contribution in [2.24, 2.45) is 5.92 Å². The number of pyridine rings is 1. The minimum Gasteiger partial charge on any atom is -0.438 e. The molecule has 2 aromatic rings. The highest BCUT2D eigenvalue weighted by atomic mass is 19.1. The van der Waals surface area contributed by atoms with E-state index in [2.05, 4.69) is 9.97 Å². The van der Waals surface area contributed by atoms with Crippen LogP contribution in [0.5, 0.6) is 0 Å². The lowest BCUT2D eigenvalue weighted by molar-refractivity contribution is 0.0955. The molecule has 5 nitrogen and oxygen atoms in total. The first kappa shape index (κ1) is 15.2. The van der Waals surface area contributed by atoms with Gasteiger partial charge in [-0.3, -0.25) is 9.69 Å². The van der Waals surface area contributed by atoms with E-state index < -0.39 is 5.82 Å². The predicted molar refractivity (Wildman–Crippen MR) is 76.6 cm³/mol. The Morgan fingerprint density at radius 1 is 1.38 bits per heavy atom. The van der Waals surface area contributed by atoms with Gasteiger partial charge in [-0.1, -0.05) is 20.8 Å². The zero-order valence-electron chi connectivity index (χ0n) is 12.3. The van der Waals surface area contributed by atoms with E-state index in [0.717, 1.165) is 6.20 Å². The number of aromatic nitrogens is 2. The van der Waals surface area contributed by atoms with Crippen LogP contribution in [0.25, 0.3) is 0 Å². The van der Waals surface area contributed by atoms with Gasteiger partial charge in [-0.25, -0.2) is 14.4 Å². The topological polar surface area (TPSA) is 59.2 Å². The lowest BCUT2D eigenvalue weighted by atomic mass is 10.2. The summed E-state index contributed by atoms with van der Waals surface area (Å²) in [6.07, 6.45) is 2.96. The monoisotopic (exact) mass is 291 g/mol. The average Bonchev–Trinajstić information content (AvgIpc) is 2.93. The molecule has 21 heavy (non-hydrogen) atoms. The first-order chi connectivity index (χ1) is 10.0. The van der Waals surface area contributed by atoms with E-state index in [4.69, 9.17) is 4.42 Å². The summed E-state index contributed by atoms with van der Waals surface area (Å²) < 4.78 is 18.2. The molecule has 2 aromatic heterocycles. The van der Waals surface area contributed by atoms with E-state index >= 15 is 0 Å². The first-order valence-electron chi connectivity index (χ1n) is 6.88. The summed E-state index contributed by atoms with van der Waals surface area (Å²) >= 11 is 0. The number of oxazole rings is 1. The quantitative estimate of drug-likeness (QED) is 0.849. The molecule has 0 bridgehead atoms. The van der Waals surface area contributed by atoms with E-state index in [1.54, 1.807) is 0 Å². The van der Waals surface area contributed by atoms with Crippen LogP contribution >= 0.6 is 0 Å². The Morgan fingerprint density at radius 3 is 2.71 bits per heavy atom. The zero-order valence-corrected chi connectivity index (χ0v) is 12.3. The number of hydrogen-bond donors (Lipinski definition) is 0. The van der Waals surface area contributed by atoms with Gasteiger partial charge in [-0.15, -0.1) is 0 Å². The molecule has 2 heterocycles. The highest BCUT2D eigenvalue weighted by Gasteiger charge is 2.25. The average molecular weight is 291 g/mol. The molecule has 0 fully saturated rings. The summed E-state index contributed by atoms with van der Waals surface area (Å²) in [5, 5.41) is 0. The zero-order chi connectivity index (χ0) is 15.4. The summed E-state index contributed by atoms with van der Waals surface area (Å²) in [5.41, 5.74) is 0.607. The number of nitrogens with zero attached hydrogens (tertiary/aromatic N) is 3. The molecule has 0 aliphatic rings. The van der Waals surface area contributed by atoms with Crippen molar-refractivity contribution in [1.82, 2.24) is 9.97 Å². The number of rotatable bonds is 5. The van der Waals surface area contributed by atoms with Crippen molar-refractivity contribution in [3.8, 4) is 0 Å². The molecular weight excluding hydrogens is 273 g/mol. The van der Waals surface area contributed by atoms with Crippen LogP contribution in [0.2, 0.25) is 0 Å². The molecule has 0 aliphatic carbocycles. The Hall–Kier alpha value is -2.24. The molecule has 0 radical (unpaired) electrons. The van der Waals surface area contributed by atoms with Gasteiger partial charge in [0.2, 0.25) is 5.76 Å². The lowest BCUT2D eigenvalue weighted by Crippen LogP contribution is -2.35. The number of amides is 1. The van der Waals surface area contributed by atoms with Crippen LogP contribution in [0.4, 0.5) is 10.2 Å². The number of hydrogen-bond acceptors (Lipinski definition) is 4. The van der Waals surface area contributed by atoms with E-state index in [0.29, 0.717) is 24.5 Å². The molecule has 6 heteroatoms. The third-order valence-corrected chi connectivity index (χ3v) is 2.95. The van der Waals surface area contributed by atoms with E-state index in [9.17, 15) is 9.18 Å². The fourth-order valence-electron chi connectivity index (χ4n) is 1.99. The second kappa shape index (κ2) is 6.47. The van der Waals surface area contributed by atoms with Crippen LogP contribution in [0.3, 0.4) is 0 Å². The van der Waals surface area contributed by atoms with Gasteiger partial charge in [0.15, 0.2) is 6.39 Å². The fourth-order valence-corrected chi connectivity index (χ4v) is 1.99. The van der Waals surface area contributed by atoms with Crippen molar-refractivity contribution in [1.29, 1.82) is 0 Å². The molecule has 0 aliphatic heterocycles. The van der Waals surface area contributed by atoms with Crippen LogP contribution in [0.15, 0.2) is 29.1 Å². The van der Waals surface area contributed by atoms with Gasteiger partial charge in [-0.2, -0.15) is 0 Å². The minimum absolute atomic E-state index is 0.212. The first-order valence-corrected chi connectivity index (χ1v) is 6.88. The van der Waals surface area contributed by atoms with Crippen LogP contribution in [0.1, 0.15) is 37.0 Å². The third-order valence-electron chi connectivity index (χ3n) is 2.95. The standard InChI is InChI=1S/C15H18FN3O2/c1-4-12-14(21-9-18-12)15(20)19(8-10(2)3)13-6-5-11(16)7-17-13/h5-7,9-10H,4,8H2,1-3H3. The van der Waals surface area contributed by atoms with E-state index in [1.807, 2.05) is 20.8 Å². The largest absolute Gasteiger partial charge is 0.438 e. The Kier molecular flexibility index (Phi) is 4.67. The highest BCUT2D eigenvalue weighted by molar-refractivity contribution is 6.04. The molecule has 0 N–H and O–H groups in total. The molecule has 0 unspecified atom stereocenters. The van der Waals surface area contributed by atoms with Crippen LogP contribution in [0, 0.1) is 11.7 Å². The lowest BCUT2D eigenvalue weighted by Gasteiger charge is -2.22. The van der Waals surface area contributed by atoms with E-state index in [-0.39, 0.29) is 17.6 Å². The molecular formula is C15H18FN3O2. The van der Waals surface area contributed by atoms with Crippen LogP contribution in [-0.2, 0) is 6.42 Å². The smallest absolute Gasteiger partial charge is 0.297 e. The Morgan fingerprint density at radius 2 is 2.14 bits per heavy atom. The Balaban J connectivity index is 2.36. The second-order valence-electron chi connectivity index (χ2n) is 5.13. The molecule has 1 amide bonds. The van der Waals surface area contributed by atoms with Crippen molar-refractivity contribution in [3.63, 3.8) is 0 Å². The fraction of sp³-hybridized carbons (Fsp3) is 0.400. The Labute approximate surface area is 122 Å². The van der Waals surface area contributed by atoms with Gasteiger partial charge in [0.05, 0.1) is 11.9 Å². The van der Waals surface area contributed by atoms with Crippen LogP contribution < -0.4 is 4.90 Å². The van der Waals surface area contributed by atoms with Crippen molar-refractivity contribution < 1.29 is 13.6 Å². The third kappa shape index (κ3) is 3.45. The molecule has 0 saturated carbocycles. The maximum atomic E-state index is 13.0. The number of carbonyl (C=O) groups excluding carboxylic acids is 1. The molecule has 0 atom stereocenters. The molecule has 0 spiro atoms. The predicted octanol–water partition coefficient (Wildman–Crippen LogP) is 3.07. The molecule has 0 saturated heterocycles. The van der Waals surface area contributed by atoms with Gasteiger partial charge in [-0.05, 0) is 24.5 Å². The Bertz CT molecular complexity index is 608. The maximum Gasteiger partial charge on any atom is 0.297 e. The van der Waals surface area contributed by atoms with Gasteiger partial charge in [0.1, 0.15) is 11.6 Å². The van der Waals surface area contributed by atoms with Crippen LogP contribution in [-0.4, -0.2) is 22.4 Å². The van der Waals surface area contributed by atoms with Gasteiger partial charge < -0.3 is 4.42 Å². The van der Waals surface area contributed by atoms with Gasteiger partial charge in [0.25, 0.3) is 5.91 Å². The number of aryl methyl sites for hydroxylation is 1. The summed E-state index contributed by atoms with van der Waals surface area (Å²) in [7, 11) is 0. The SMILES string of the molecule is CCc1ncoc1C(=O)N(CC(C)C)c1ccc(F)cn1. The summed E-state index contributed by atoms with van der Waals surface area (Å²) in [6, 6.07) is 2.77. The van der Waals surface area contributed by atoms with Gasteiger partial charge in [0, 0.05) is 6.54 Å². The summed E-state index contributed by atoms with van der Waals surface area (Å²) in [5.74, 6) is 0.0911. The molecule has 0 aromatic carbocycles. The number of anilines is 1. The van der Waals surface area contributed by atoms with Crippen molar-refractivity contribution in [2.75, 3.05) is 11.4 Å². The normalized spacial score (nSPS) is 10.9. The van der Waals surface area contributed by atoms with Crippen molar-refractivity contribution >= 4 is 11.7 Å². The van der Waals surface area contributed by atoms with Gasteiger partial charge >= 0.3 is 0 Å². The summed E-state index contributed by atoms with van der Waals surface area (Å²) in [6.45, 7) is 6.34. The highest BCUT2D eigenvalue weighted by Crippen LogP contribution is 2.19.